The molecule has 0 atom stereocenters. The Labute approximate surface area is 177 Å². The van der Waals surface area contributed by atoms with Crippen molar-refractivity contribution in [1.29, 1.82) is 0 Å². The van der Waals surface area contributed by atoms with Crippen LogP contribution in [0.1, 0.15) is 0 Å². The molecule has 0 N–H and O–H groups in total. The number of benzene rings is 2. The Kier molecular flexibility index (Phi) is 12.8. The summed E-state index contributed by atoms with van der Waals surface area (Å²) in [7, 11) is 0. The first-order valence-electron chi connectivity index (χ1n) is 7.59. The number of hydrogen-bond acceptors (Lipinski definition) is 0. The molecule has 0 saturated carbocycles. The summed E-state index contributed by atoms with van der Waals surface area (Å²) in [6.07, 6.45) is 0. The molecule has 0 aromatic heterocycles. The molecule has 4 heteroatoms. The minimum absolute atomic E-state index is 0. The Morgan fingerprint density at radius 2 is 1.16 bits per heavy atom. The van der Waals surface area contributed by atoms with Gasteiger partial charge in [-0.3, -0.25) is 0 Å². The van der Waals surface area contributed by atoms with E-state index in [1.54, 1.807) is 23.3 Å². The van der Waals surface area contributed by atoms with Crippen LogP contribution in [0, 0.1) is 0 Å². The summed E-state index contributed by atoms with van der Waals surface area (Å²) >= 11 is 1.65. The summed E-state index contributed by atoms with van der Waals surface area (Å²) in [4.78, 5) is 0. The molecule has 128 valence electrons. The van der Waals surface area contributed by atoms with Gasteiger partial charge in [0.1, 0.15) is 0 Å². The van der Waals surface area contributed by atoms with Gasteiger partial charge >= 0.3 is 47.6 Å². The molecule has 0 radical (unpaired) electrons. The molecule has 0 aliphatic carbocycles. The first-order chi connectivity index (χ1) is 11.2. The van der Waals surface area contributed by atoms with Crippen molar-refractivity contribution in [2.75, 3.05) is 0 Å². The SMILES string of the molecule is C=C[Si](C)=[Zr+2].[Cl-].[Cl-].c1ccc2[cH-]ccc2c1.c1ccc2[cH-]ccc2c1. The van der Waals surface area contributed by atoms with Crippen LogP contribution in [-0.2, 0) is 23.3 Å². The summed E-state index contributed by atoms with van der Waals surface area (Å²) < 4.78 is 0. The molecule has 0 aliphatic rings. The first-order valence-corrected chi connectivity index (χ1v) is 13.4. The molecule has 25 heavy (non-hydrogen) atoms. The van der Waals surface area contributed by atoms with E-state index in [0.717, 1.165) is 0 Å². The Morgan fingerprint density at radius 3 is 1.48 bits per heavy atom. The molecule has 0 fully saturated rings. The summed E-state index contributed by atoms with van der Waals surface area (Å²) in [5.41, 5.74) is 2.04. The van der Waals surface area contributed by atoms with E-state index in [1.807, 2.05) is 0 Å². The van der Waals surface area contributed by atoms with E-state index in [2.05, 4.69) is 104 Å². The van der Waals surface area contributed by atoms with Crippen LogP contribution in [0.15, 0.2) is 97.2 Å². The van der Waals surface area contributed by atoms with Crippen LogP contribution in [-0.4, -0.2) is 5.43 Å². The van der Waals surface area contributed by atoms with Gasteiger partial charge in [0.25, 0.3) is 0 Å². The summed E-state index contributed by atoms with van der Waals surface area (Å²) in [6, 6.07) is 29.3. The van der Waals surface area contributed by atoms with E-state index in [-0.39, 0.29) is 30.2 Å². The Bertz CT molecular complexity index is 766. The predicted octanol–water partition coefficient (Wildman–Crippen LogP) is 0.00510. The summed E-state index contributed by atoms with van der Waals surface area (Å²) in [5, 5.41) is 5.32. The maximum atomic E-state index is 3.63. The molecular weight excluding hydrogens is 442 g/mol. The van der Waals surface area contributed by atoms with Gasteiger partial charge in [0.2, 0.25) is 0 Å². The van der Waals surface area contributed by atoms with Crippen LogP contribution >= 0.6 is 0 Å². The fraction of sp³-hybridized carbons (Fsp3) is 0.0476. The molecule has 0 aliphatic heterocycles. The second-order valence-electron chi connectivity index (χ2n) is 5.20. The predicted molar refractivity (Wildman–Crippen MR) is 101 cm³/mol. The molecule has 4 aromatic carbocycles. The normalized spacial score (nSPS) is 8.76. The second kappa shape index (κ2) is 13.3. The fourth-order valence-electron chi connectivity index (χ4n) is 2.14. The number of hydrogen-bond donors (Lipinski definition) is 0. The van der Waals surface area contributed by atoms with Crippen LogP contribution in [0.2, 0.25) is 6.55 Å². The molecule has 0 saturated heterocycles. The zero-order chi connectivity index (χ0) is 16.5. The molecule has 0 nitrogen and oxygen atoms in total. The van der Waals surface area contributed by atoms with Crippen molar-refractivity contribution in [2.45, 2.75) is 6.55 Å². The smallest absolute Gasteiger partial charge is 0.0809 e. The topological polar surface area (TPSA) is 0 Å². The van der Waals surface area contributed by atoms with Crippen molar-refractivity contribution in [2.24, 2.45) is 0 Å². The van der Waals surface area contributed by atoms with Gasteiger partial charge in [-0.25, -0.2) is 0 Å². The fourth-order valence-corrected chi connectivity index (χ4v) is 2.14. The van der Waals surface area contributed by atoms with Crippen LogP contribution in [0.4, 0.5) is 0 Å². The Hall–Kier alpha value is -0.920. The molecule has 0 heterocycles. The molecule has 4 rings (SSSR count). The number of halogens is 2. The van der Waals surface area contributed by atoms with Crippen LogP contribution in [0.3, 0.4) is 0 Å². The third kappa shape index (κ3) is 8.33. The zero-order valence-electron chi connectivity index (χ0n) is 14.1. The van der Waals surface area contributed by atoms with Crippen LogP contribution in [0.25, 0.3) is 21.5 Å². The molecule has 0 bridgehead atoms. The maximum Gasteiger partial charge on any atom is -0.0809 e. The monoisotopic (exact) mass is 460 g/mol. The van der Waals surface area contributed by atoms with Gasteiger partial charge in [0, 0.05) is 0 Å². The summed E-state index contributed by atoms with van der Waals surface area (Å²) in [6.45, 7) is 5.87. The number of fused-ring (bicyclic) bond motifs is 2. The zero-order valence-corrected chi connectivity index (χ0v) is 19.1. The van der Waals surface area contributed by atoms with Gasteiger partial charge in [0.05, 0.1) is 0 Å². The molecule has 0 spiro atoms. The van der Waals surface area contributed by atoms with E-state index in [0.29, 0.717) is 0 Å². The average molecular weight is 463 g/mol. The van der Waals surface area contributed by atoms with Gasteiger partial charge < -0.3 is 24.8 Å². The largest absolute Gasteiger partial charge is 1.00 e. The molecule has 0 unspecified atom stereocenters. The maximum absolute atomic E-state index is 3.63. The minimum Gasteiger partial charge on any atom is -1.00 e. The van der Waals surface area contributed by atoms with Crippen molar-refractivity contribution in [3.63, 3.8) is 0 Å². The van der Waals surface area contributed by atoms with E-state index >= 15 is 0 Å². The number of rotatable bonds is 1. The van der Waals surface area contributed by atoms with Gasteiger partial charge in [-0.15, -0.1) is 59.3 Å². The van der Waals surface area contributed by atoms with Crippen molar-refractivity contribution < 1.29 is 48.1 Å². The Morgan fingerprint density at radius 1 is 0.800 bits per heavy atom. The van der Waals surface area contributed by atoms with Crippen LogP contribution < -0.4 is 24.8 Å². The first kappa shape index (κ1) is 24.1. The third-order valence-electron chi connectivity index (χ3n) is 3.40. The summed E-state index contributed by atoms with van der Waals surface area (Å²) in [5.74, 6) is 0. The molecular formula is C21H20Cl2SiZr-2. The van der Waals surface area contributed by atoms with Crippen molar-refractivity contribution >= 4 is 27.0 Å². The van der Waals surface area contributed by atoms with E-state index < -0.39 is 0 Å². The second-order valence-corrected chi connectivity index (χ2v) is 12.8. The van der Waals surface area contributed by atoms with E-state index in [4.69, 9.17) is 0 Å². The average Bonchev–Trinajstić information content (AvgIpc) is 3.24. The molecule has 0 amide bonds. The van der Waals surface area contributed by atoms with Gasteiger partial charge in [0.15, 0.2) is 0 Å². The van der Waals surface area contributed by atoms with Gasteiger partial charge in [-0.2, -0.15) is 35.0 Å². The van der Waals surface area contributed by atoms with E-state index in [9.17, 15) is 0 Å². The quantitative estimate of drug-likeness (QED) is 0.276. The van der Waals surface area contributed by atoms with Gasteiger partial charge in [-0.05, 0) is 0 Å². The van der Waals surface area contributed by atoms with Gasteiger partial charge in [-0.1, -0.05) is 12.1 Å². The van der Waals surface area contributed by atoms with Crippen molar-refractivity contribution in [3.8, 4) is 0 Å². The third-order valence-corrected chi connectivity index (χ3v) is 5.52. The van der Waals surface area contributed by atoms with E-state index in [1.165, 1.54) is 21.5 Å². The minimum atomic E-state index is -0.0201. The van der Waals surface area contributed by atoms with Crippen molar-refractivity contribution in [1.82, 2.24) is 0 Å². The Balaban J connectivity index is 0.000000348. The van der Waals surface area contributed by atoms with Crippen molar-refractivity contribution in [3.05, 3.63) is 97.2 Å². The molecule has 4 aromatic rings. The van der Waals surface area contributed by atoms with Crippen LogP contribution in [0.5, 0.6) is 0 Å². The standard InChI is InChI=1S/2C9H7.C3H6Si.2ClH.Zr/c2*1-2-5-9-7-3-6-8(9)4-1;1-3-4-2;;;/h2*1-7H;3H,1H2,2H3;2*1H;/q2*-1;;;;+2/p-2.